The number of carbonyl (C=O) groups is 4. The Bertz CT molecular complexity index is 2170. The third-order valence-electron chi connectivity index (χ3n) is 11.2. The number of carbonyl (C=O) groups excluding carboxylic acids is 4. The molecule has 59 heavy (non-hydrogen) atoms. The maximum absolute atomic E-state index is 15.1. The second kappa shape index (κ2) is 17.5. The van der Waals surface area contributed by atoms with E-state index in [-0.39, 0.29) is 25.1 Å². The van der Waals surface area contributed by atoms with Gasteiger partial charge < -0.3 is 29.7 Å². The molecule has 1 aromatic carbocycles. The van der Waals surface area contributed by atoms with Crippen molar-refractivity contribution in [3.05, 3.63) is 53.9 Å². The maximum atomic E-state index is 15.1. The van der Waals surface area contributed by atoms with Crippen LogP contribution in [0.5, 0.6) is 5.88 Å². The summed E-state index contributed by atoms with van der Waals surface area (Å²) in [4.78, 5) is 69.4. The highest BCUT2D eigenvalue weighted by Crippen LogP contribution is 2.46. The molecule has 318 valence electrons. The predicted molar refractivity (Wildman–Crippen MR) is 222 cm³/mol. The Hall–Kier alpha value is -4.61. The standard InChI is InChI=1S/C42H54N6O9S2/c1-41(2,3)57-40(52)45-30-17-9-7-5-6-8-14-26-25-42(26,39(51)47-59(53,54)27-20-21-27)46-36(49)32-24-33(31(18-12-22-55-4)48(32)38(30)50)56-37-35(34-19-13-23-58-34)43-28-15-10-11-16-29(28)44-37/h8,10-11,13-16,19,23,26-27,30-33H,5-7,9,12,17-18,20-22,24-25H2,1-4H3,(H,45,52)(H,46,49)(H,47,51)/b14-8-/t26?,30?,31-,32?,33+,42?/m0/s1. The second-order valence-electron chi connectivity index (χ2n) is 16.9. The zero-order valence-corrected chi connectivity index (χ0v) is 35.6. The van der Waals surface area contributed by atoms with Gasteiger partial charge in [0.05, 0.1) is 27.2 Å². The number of nitrogens with one attached hydrogen (secondary N) is 3. The summed E-state index contributed by atoms with van der Waals surface area (Å²) in [5.41, 5.74) is -0.590. The minimum Gasteiger partial charge on any atom is -0.470 e. The Morgan fingerprint density at radius 3 is 2.49 bits per heavy atom. The largest absolute Gasteiger partial charge is 0.470 e. The van der Waals surface area contributed by atoms with E-state index in [2.05, 4.69) is 15.4 Å². The summed E-state index contributed by atoms with van der Waals surface area (Å²) in [7, 11) is -2.34. The number of hydrogen-bond acceptors (Lipinski definition) is 12. The first kappa shape index (κ1) is 42.5. The molecule has 3 fully saturated rings. The number of thiophene rings is 1. The fourth-order valence-electron chi connectivity index (χ4n) is 8.02. The van der Waals surface area contributed by atoms with Gasteiger partial charge in [-0.1, -0.05) is 43.2 Å². The minimum atomic E-state index is -3.93. The van der Waals surface area contributed by atoms with Crippen LogP contribution in [0.1, 0.15) is 91.4 Å². The van der Waals surface area contributed by atoms with Crippen molar-refractivity contribution in [2.24, 2.45) is 5.92 Å². The Morgan fingerprint density at radius 1 is 1.03 bits per heavy atom. The highest BCUT2D eigenvalue weighted by Gasteiger charge is 2.62. The number of fused-ring (bicyclic) bond motifs is 3. The Labute approximate surface area is 349 Å². The van der Waals surface area contributed by atoms with Crippen LogP contribution >= 0.6 is 11.3 Å². The van der Waals surface area contributed by atoms with Crippen molar-refractivity contribution in [3.8, 4) is 16.5 Å². The molecule has 2 aliphatic carbocycles. The van der Waals surface area contributed by atoms with Crippen LogP contribution in [0.4, 0.5) is 4.79 Å². The van der Waals surface area contributed by atoms with Crippen LogP contribution in [0.2, 0.25) is 0 Å². The number of ether oxygens (including phenoxy) is 3. The molecule has 2 aliphatic heterocycles. The number of amides is 4. The minimum absolute atomic E-state index is 0.00530. The molecule has 4 heterocycles. The molecule has 0 bridgehead atoms. The van der Waals surface area contributed by atoms with Crippen LogP contribution < -0.4 is 20.1 Å². The lowest BCUT2D eigenvalue weighted by Crippen LogP contribution is -2.60. The second-order valence-corrected chi connectivity index (χ2v) is 19.8. The molecule has 2 saturated carbocycles. The molecule has 2 aromatic heterocycles. The lowest BCUT2D eigenvalue weighted by Gasteiger charge is -2.35. The SMILES string of the molecule is COCCC[C@H]1[C@H](Oc2nc3ccccc3nc2-c2cccs2)CC2C(=O)NC3(C(=O)NS(=O)(=O)C4CC4)CC3/C=C\CCCCCC(NC(=O)OC(C)(C)C)C(=O)N21. The van der Waals surface area contributed by atoms with E-state index < -0.39 is 80.4 Å². The van der Waals surface area contributed by atoms with Crippen molar-refractivity contribution >= 4 is 56.2 Å². The smallest absolute Gasteiger partial charge is 0.408 e. The molecular weight excluding hydrogens is 797 g/mol. The topological polar surface area (TPSA) is 195 Å². The molecular formula is C42H54N6O9S2. The van der Waals surface area contributed by atoms with E-state index >= 15 is 4.79 Å². The molecule has 1 saturated heterocycles. The van der Waals surface area contributed by atoms with Gasteiger partial charge in [0.2, 0.25) is 27.7 Å². The van der Waals surface area contributed by atoms with E-state index in [1.807, 2.05) is 53.9 Å². The van der Waals surface area contributed by atoms with Crippen LogP contribution in [-0.2, 0) is 33.9 Å². The number of allylic oxidation sites excluding steroid dienone is 1. The molecule has 0 radical (unpaired) electrons. The predicted octanol–water partition coefficient (Wildman–Crippen LogP) is 5.40. The molecule has 4 aliphatic rings. The number of hydrogen-bond donors (Lipinski definition) is 3. The van der Waals surface area contributed by atoms with E-state index in [1.54, 1.807) is 27.9 Å². The molecule has 6 atom stereocenters. The summed E-state index contributed by atoms with van der Waals surface area (Å²) in [6.07, 6.45) is 7.35. The molecule has 3 N–H and O–H groups in total. The first-order valence-corrected chi connectivity index (χ1v) is 22.9. The molecule has 4 unspecified atom stereocenters. The summed E-state index contributed by atoms with van der Waals surface area (Å²) < 4.78 is 46.1. The summed E-state index contributed by atoms with van der Waals surface area (Å²) in [6, 6.07) is 8.31. The first-order chi connectivity index (χ1) is 28.2. The van der Waals surface area contributed by atoms with Gasteiger partial charge in [0.1, 0.15) is 35.0 Å². The fraction of sp³-hybridized carbons (Fsp3) is 0.571. The maximum Gasteiger partial charge on any atom is 0.408 e. The molecule has 4 amide bonds. The van der Waals surface area contributed by atoms with Crippen molar-refractivity contribution in [2.45, 2.75) is 132 Å². The molecule has 0 spiro atoms. The lowest BCUT2D eigenvalue weighted by atomic mass is 10.0. The van der Waals surface area contributed by atoms with Crippen molar-refractivity contribution < 1.29 is 41.8 Å². The van der Waals surface area contributed by atoms with E-state index in [1.165, 1.54) is 16.2 Å². The van der Waals surface area contributed by atoms with Crippen molar-refractivity contribution in [3.63, 3.8) is 0 Å². The first-order valence-electron chi connectivity index (χ1n) is 20.5. The van der Waals surface area contributed by atoms with Crippen LogP contribution in [-0.4, -0.2) is 101 Å². The van der Waals surface area contributed by atoms with Gasteiger partial charge in [0, 0.05) is 26.1 Å². The number of sulfonamides is 1. The zero-order valence-electron chi connectivity index (χ0n) is 34.0. The van der Waals surface area contributed by atoms with E-state index in [4.69, 9.17) is 24.2 Å². The molecule has 15 nitrogen and oxygen atoms in total. The van der Waals surface area contributed by atoms with Gasteiger partial charge in [-0.25, -0.2) is 23.2 Å². The van der Waals surface area contributed by atoms with Gasteiger partial charge in [-0.2, -0.15) is 0 Å². The summed E-state index contributed by atoms with van der Waals surface area (Å²) in [5.74, 6) is -2.15. The van der Waals surface area contributed by atoms with E-state index in [0.717, 1.165) is 17.7 Å². The highest BCUT2D eigenvalue weighted by atomic mass is 32.2. The quantitative estimate of drug-likeness (QED) is 0.165. The fourth-order valence-corrected chi connectivity index (χ4v) is 10.1. The number of alkyl carbamates (subject to hydrolysis) is 1. The normalized spacial score (nSPS) is 27.1. The van der Waals surface area contributed by atoms with Gasteiger partial charge in [0.25, 0.3) is 5.91 Å². The number of methoxy groups -OCH3 is 1. The molecule has 3 aromatic rings. The Balaban J connectivity index is 1.29. The van der Waals surface area contributed by atoms with Crippen molar-refractivity contribution in [2.75, 3.05) is 13.7 Å². The van der Waals surface area contributed by atoms with Crippen LogP contribution in [0.15, 0.2) is 53.9 Å². The number of para-hydroxylation sites is 2. The summed E-state index contributed by atoms with van der Waals surface area (Å²) >= 11 is 1.47. The van der Waals surface area contributed by atoms with E-state index in [9.17, 15) is 22.8 Å². The number of benzene rings is 1. The third-order valence-corrected chi connectivity index (χ3v) is 13.9. The average molecular weight is 851 g/mol. The average Bonchev–Trinajstić information content (AvgIpc) is 4.06. The van der Waals surface area contributed by atoms with Gasteiger partial charge in [-0.15, -0.1) is 11.3 Å². The van der Waals surface area contributed by atoms with Crippen LogP contribution in [0, 0.1) is 5.92 Å². The number of aromatic nitrogens is 2. The lowest BCUT2D eigenvalue weighted by molar-refractivity contribution is -0.143. The van der Waals surface area contributed by atoms with Gasteiger partial charge in [-0.05, 0) is 95.7 Å². The zero-order chi connectivity index (χ0) is 42.0. The van der Waals surface area contributed by atoms with Gasteiger partial charge in [0.15, 0.2) is 0 Å². The van der Waals surface area contributed by atoms with Gasteiger partial charge >= 0.3 is 6.09 Å². The highest BCUT2D eigenvalue weighted by molar-refractivity contribution is 7.91. The monoisotopic (exact) mass is 850 g/mol. The van der Waals surface area contributed by atoms with Crippen molar-refractivity contribution in [1.82, 2.24) is 30.2 Å². The molecule has 7 rings (SSSR count). The van der Waals surface area contributed by atoms with Gasteiger partial charge in [-0.3, -0.25) is 19.1 Å². The third kappa shape index (κ3) is 9.89. The number of rotatable bonds is 11. The van der Waals surface area contributed by atoms with E-state index in [0.29, 0.717) is 61.9 Å². The Morgan fingerprint density at radius 2 is 1.80 bits per heavy atom. The number of nitrogens with zero attached hydrogens (tertiary/aromatic N) is 3. The van der Waals surface area contributed by atoms with Crippen LogP contribution in [0.3, 0.4) is 0 Å². The summed E-state index contributed by atoms with van der Waals surface area (Å²) in [6.45, 7) is 5.57. The summed E-state index contributed by atoms with van der Waals surface area (Å²) in [5, 5.41) is 7.05. The molecule has 17 heteroatoms. The van der Waals surface area contributed by atoms with Crippen LogP contribution in [0.25, 0.3) is 21.6 Å². The van der Waals surface area contributed by atoms with Crippen molar-refractivity contribution in [1.29, 1.82) is 0 Å². The Kier molecular flexibility index (Phi) is 12.6.